The fraction of sp³-hybridized carbons (Fsp3) is 0.625. The smallest absolute Gasteiger partial charge is 0.0143 e. The first-order valence-corrected chi connectivity index (χ1v) is 3.32. The molecule has 0 saturated carbocycles. The standard InChI is InChI=1S/C8H15/c1-4-6-8(3)7-5-2/h6H,3-5,7H2,1-2H3. The number of hydrogen-bond donors (Lipinski definition) is 0. The van der Waals surface area contributed by atoms with Gasteiger partial charge in [0.25, 0.3) is 0 Å². The van der Waals surface area contributed by atoms with E-state index in [0.29, 0.717) is 0 Å². The summed E-state index contributed by atoms with van der Waals surface area (Å²) in [5.74, 6) is 0. The molecule has 8 heavy (non-hydrogen) atoms. The van der Waals surface area contributed by atoms with Gasteiger partial charge in [0.2, 0.25) is 0 Å². The van der Waals surface area contributed by atoms with Crippen molar-refractivity contribution in [3.63, 3.8) is 0 Å². The van der Waals surface area contributed by atoms with E-state index < -0.39 is 0 Å². The first-order chi connectivity index (χ1) is 3.81. The second kappa shape index (κ2) is 4.89. The van der Waals surface area contributed by atoms with Crippen molar-refractivity contribution in [2.24, 2.45) is 0 Å². The molecule has 0 bridgehead atoms. The minimum atomic E-state index is 1.12. The van der Waals surface area contributed by atoms with Crippen LogP contribution in [0.3, 0.4) is 0 Å². The van der Waals surface area contributed by atoms with Crippen LogP contribution in [-0.4, -0.2) is 0 Å². The lowest BCUT2D eigenvalue weighted by molar-refractivity contribution is 0.895. The molecule has 0 aromatic rings. The molecule has 0 spiro atoms. The van der Waals surface area contributed by atoms with Crippen LogP contribution in [0, 0.1) is 6.42 Å². The Kier molecular flexibility index (Phi) is 4.73. The van der Waals surface area contributed by atoms with E-state index in [4.69, 9.17) is 0 Å². The van der Waals surface area contributed by atoms with Crippen molar-refractivity contribution in [1.82, 2.24) is 0 Å². The third kappa shape index (κ3) is 3.91. The minimum Gasteiger partial charge on any atom is -0.0996 e. The average molecular weight is 111 g/mol. The van der Waals surface area contributed by atoms with Crippen LogP contribution in [0.25, 0.3) is 0 Å². The highest BCUT2D eigenvalue weighted by Gasteiger charge is 1.87. The lowest BCUT2D eigenvalue weighted by Crippen LogP contribution is -1.78. The van der Waals surface area contributed by atoms with Crippen molar-refractivity contribution < 1.29 is 0 Å². The third-order valence-electron chi connectivity index (χ3n) is 1.06. The maximum absolute atomic E-state index is 3.88. The molecule has 0 N–H and O–H groups in total. The van der Waals surface area contributed by atoms with E-state index in [9.17, 15) is 0 Å². The molecule has 0 heteroatoms. The van der Waals surface area contributed by atoms with Crippen LogP contribution in [0.5, 0.6) is 0 Å². The number of allylic oxidation sites excluding steroid dienone is 1. The molecular weight excluding hydrogens is 96.1 g/mol. The van der Waals surface area contributed by atoms with Gasteiger partial charge in [-0.15, -0.1) is 0 Å². The molecule has 0 fully saturated rings. The highest BCUT2D eigenvalue weighted by Crippen LogP contribution is 2.06. The normalized spacial score (nSPS) is 9.25. The largest absolute Gasteiger partial charge is 0.0996 e. The molecular formula is C8H15. The predicted octanol–water partition coefficient (Wildman–Crippen LogP) is 2.96. The highest BCUT2D eigenvalue weighted by atomic mass is 13.9. The monoisotopic (exact) mass is 111 g/mol. The average Bonchev–Trinajstić information content (AvgIpc) is 1.68. The Bertz CT molecular complexity index is 54.4. The highest BCUT2D eigenvalue weighted by molar-refractivity contribution is 5.06. The number of rotatable bonds is 4. The lowest BCUT2D eigenvalue weighted by atomic mass is 10.1. The Labute approximate surface area is 52.6 Å². The summed E-state index contributed by atoms with van der Waals surface area (Å²) in [6.07, 6.45) is 5.69. The molecule has 0 nitrogen and oxygen atoms in total. The first kappa shape index (κ1) is 7.74. The van der Waals surface area contributed by atoms with Crippen molar-refractivity contribution in [2.75, 3.05) is 0 Å². The molecule has 0 heterocycles. The van der Waals surface area contributed by atoms with Crippen LogP contribution in [-0.2, 0) is 0 Å². The summed E-state index contributed by atoms with van der Waals surface area (Å²) >= 11 is 0. The van der Waals surface area contributed by atoms with E-state index in [0.717, 1.165) is 12.8 Å². The molecule has 47 valence electrons. The molecule has 0 aromatic heterocycles. The lowest BCUT2D eigenvalue weighted by Gasteiger charge is -1.97. The van der Waals surface area contributed by atoms with Gasteiger partial charge < -0.3 is 0 Å². The molecule has 0 aromatic carbocycles. The molecule has 0 amide bonds. The summed E-state index contributed by atoms with van der Waals surface area (Å²) < 4.78 is 0. The zero-order chi connectivity index (χ0) is 6.41. The molecule has 0 saturated heterocycles. The van der Waals surface area contributed by atoms with Crippen molar-refractivity contribution in [3.05, 3.63) is 18.6 Å². The van der Waals surface area contributed by atoms with Crippen molar-refractivity contribution >= 4 is 0 Å². The fourth-order valence-corrected chi connectivity index (χ4v) is 0.712. The molecule has 0 atom stereocenters. The summed E-state index contributed by atoms with van der Waals surface area (Å²) in [7, 11) is 0. The van der Waals surface area contributed by atoms with Crippen LogP contribution in [0.15, 0.2) is 12.2 Å². The Balaban J connectivity index is 3.06. The van der Waals surface area contributed by atoms with E-state index in [-0.39, 0.29) is 0 Å². The first-order valence-electron chi connectivity index (χ1n) is 3.32. The Morgan fingerprint density at radius 3 is 2.50 bits per heavy atom. The molecule has 1 radical (unpaired) electrons. The fourth-order valence-electron chi connectivity index (χ4n) is 0.712. The maximum Gasteiger partial charge on any atom is -0.0143 e. The molecule has 0 rings (SSSR count). The van der Waals surface area contributed by atoms with Gasteiger partial charge in [-0.05, 0) is 19.3 Å². The van der Waals surface area contributed by atoms with Crippen LogP contribution in [0.2, 0.25) is 0 Å². The van der Waals surface area contributed by atoms with Crippen LogP contribution in [0.4, 0.5) is 0 Å². The quantitative estimate of drug-likeness (QED) is 0.523. The Morgan fingerprint density at radius 2 is 2.12 bits per heavy atom. The van der Waals surface area contributed by atoms with E-state index >= 15 is 0 Å². The summed E-state index contributed by atoms with van der Waals surface area (Å²) in [6.45, 7) is 8.19. The summed E-state index contributed by atoms with van der Waals surface area (Å²) in [6, 6.07) is 0. The van der Waals surface area contributed by atoms with Gasteiger partial charge in [-0.2, -0.15) is 0 Å². The summed E-state index contributed by atoms with van der Waals surface area (Å²) in [5, 5.41) is 0. The van der Waals surface area contributed by atoms with Gasteiger partial charge >= 0.3 is 0 Å². The van der Waals surface area contributed by atoms with Crippen LogP contribution in [0.1, 0.15) is 33.1 Å². The molecule has 0 unspecified atom stereocenters. The van der Waals surface area contributed by atoms with Gasteiger partial charge in [-0.25, -0.2) is 0 Å². The van der Waals surface area contributed by atoms with Gasteiger partial charge in [-0.3, -0.25) is 0 Å². The number of hydrogen-bond acceptors (Lipinski definition) is 0. The summed E-state index contributed by atoms with van der Waals surface area (Å²) in [5.41, 5.74) is 1.29. The zero-order valence-corrected chi connectivity index (χ0v) is 5.91. The minimum absolute atomic E-state index is 1.12. The maximum atomic E-state index is 3.88. The second-order valence-electron chi connectivity index (χ2n) is 2.02. The third-order valence-corrected chi connectivity index (χ3v) is 1.06. The van der Waals surface area contributed by atoms with Crippen LogP contribution < -0.4 is 0 Å². The molecule has 0 aliphatic rings. The summed E-state index contributed by atoms with van der Waals surface area (Å²) in [4.78, 5) is 0. The topological polar surface area (TPSA) is 0 Å². The molecule has 0 aliphatic heterocycles. The van der Waals surface area contributed by atoms with E-state index in [2.05, 4.69) is 26.8 Å². The van der Waals surface area contributed by atoms with Crippen LogP contribution >= 0.6 is 0 Å². The van der Waals surface area contributed by atoms with E-state index in [1.807, 2.05) is 0 Å². The van der Waals surface area contributed by atoms with Crippen molar-refractivity contribution in [1.29, 1.82) is 0 Å². The van der Waals surface area contributed by atoms with Gasteiger partial charge in [0.05, 0.1) is 0 Å². The van der Waals surface area contributed by atoms with Gasteiger partial charge in [0.15, 0.2) is 0 Å². The van der Waals surface area contributed by atoms with E-state index in [1.165, 1.54) is 12.0 Å². The zero-order valence-electron chi connectivity index (χ0n) is 5.91. The van der Waals surface area contributed by atoms with Crippen molar-refractivity contribution in [3.8, 4) is 0 Å². The SMILES string of the molecule is C=C([CH]CC)CCC. The van der Waals surface area contributed by atoms with Gasteiger partial charge in [-0.1, -0.05) is 32.4 Å². The van der Waals surface area contributed by atoms with E-state index in [1.54, 1.807) is 0 Å². The Morgan fingerprint density at radius 1 is 1.50 bits per heavy atom. The predicted molar refractivity (Wildman–Crippen MR) is 38.6 cm³/mol. The van der Waals surface area contributed by atoms with Gasteiger partial charge in [0, 0.05) is 0 Å². The second-order valence-corrected chi connectivity index (χ2v) is 2.02. The molecule has 0 aliphatic carbocycles. The Hall–Kier alpha value is -0.260. The van der Waals surface area contributed by atoms with Crippen molar-refractivity contribution in [2.45, 2.75) is 33.1 Å². The van der Waals surface area contributed by atoms with Gasteiger partial charge in [0.1, 0.15) is 0 Å².